The minimum atomic E-state index is -0.716. The van der Waals surface area contributed by atoms with Gasteiger partial charge in [0.25, 0.3) is 0 Å². The molecule has 3 atom stereocenters. The third kappa shape index (κ3) is 4.18. The molecule has 1 fully saturated rings. The van der Waals surface area contributed by atoms with Crippen LogP contribution in [0.15, 0.2) is 17.5 Å². The van der Waals surface area contributed by atoms with Gasteiger partial charge in [-0.1, -0.05) is 12.5 Å². The molecule has 1 aromatic heterocycles. The number of carbonyl (C=O) groups excluding carboxylic acids is 2. The number of hydrogen-bond acceptors (Lipinski definition) is 5. The molecule has 2 rings (SSSR count). The van der Waals surface area contributed by atoms with Gasteiger partial charge in [-0.15, -0.1) is 23.7 Å². The first-order valence-corrected chi connectivity index (χ1v) is 7.67. The Balaban J connectivity index is 0.00000220. The van der Waals surface area contributed by atoms with E-state index in [9.17, 15) is 9.59 Å². The predicted octanol–water partition coefficient (Wildman–Crippen LogP) is 1.88. The Labute approximate surface area is 134 Å². The lowest BCUT2D eigenvalue weighted by molar-refractivity contribution is -0.145. The standard InChI is InChI=1S/C14H20N2O3S.ClH/c1-19-14(18)12(11-6-3-7-20-11)16-13(17)10-5-2-4-9(10)8-15;/h3,6-7,9-10,12H,2,4-5,8,15H2,1H3,(H,16,17);1H/t9-,10-,12?;/m1./s1. The summed E-state index contributed by atoms with van der Waals surface area (Å²) in [6.45, 7) is 0.514. The molecule has 1 amide bonds. The zero-order valence-electron chi connectivity index (χ0n) is 11.9. The molecule has 118 valence electrons. The van der Waals surface area contributed by atoms with Crippen LogP contribution in [0.4, 0.5) is 0 Å². The number of carbonyl (C=O) groups is 2. The van der Waals surface area contributed by atoms with Gasteiger partial charge in [0.1, 0.15) is 0 Å². The van der Waals surface area contributed by atoms with Crippen molar-refractivity contribution in [2.45, 2.75) is 25.3 Å². The van der Waals surface area contributed by atoms with Crippen LogP contribution in [-0.4, -0.2) is 25.5 Å². The number of ether oxygens (including phenoxy) is 1. The number of esters is 1. The molecule has 1 aliphatic carbocycles. The molecule has 1 aliphatic rings. The first-order chi connectivity index (χ1) is 9.67. The number of rotatable bonds is 5. The van der Waals surface area contributed by atoms with Gasteiger partial charge in [-0.25, -0.2) is 4.79 Å². The van der Waals surface area contributed by atoms with Gasteiger partial charge in [0.05, 0.1) is 7.11 Å². The van der Waals surface area contributed by atoms with Crippen LogP contribution >= 0.6 is 23.7 Å². The maximum Gasteiger partial charge on any atom is 0.333 e. The summed E-state index contributed by atoms with van der Waals surface area (Å²) in [4.78, 5) is 25.0. The summed E-state index contributed by atoms with van der Waals surface area (Å²) in [6, 6.07) is 2.95. The lowest BCUT2D eigenvalue weighted by Crippen LogP contribution is -2.40. The number of amides is 1. The van der Waals surface area contributed by atoms with E-state index >= 15 is 0 Å². The molecule has 0 radical (unpaired) electrons. The fraction of sp³-hybridized carbons (Fsp3) is 0.571. The van der Waals surface area contributed by atoms with Crippen molar-refractivity contribution < 1.29 is 14.3 Å². The summed E-state index contributed by atoms with van der Waals surface area (Å²) in [5.74, 6) is -0.409. The summed E-state index contributed by atoms with van der Waals surface area (Å²) >= 11 is 1.43. The van der Waals surface area contributed by atoms with E-state index in [1.54, 1.807) is 0 Å². The molecular formula is C14H21ClN2O3S. The highest BCUT2D eigenvalue weighted by Gasteiger charge is 2.34. The van der Waals surface area contributed by atoms with Crippen LogP contribution in [0, 0.1) is 11.8 Å². The monoisotopic (exact) mass is 332 g/mol. The number of hydrogen-bond donors (Lipinski definition) is 2. The molecule has 0 bridgehead atoms. The van der Waals surface area contributed by atoms with Crippen molar-refractivity contribution in [1.82, 2.24) is 5.32 Å². The van der Waals surface area contributed by atoms with Gasteiger partial charge in [-0.3, -0.25) is 4.79 Å². The van der Waals surface area contributed by atoms with Gasteiger partial charge in [0.15, 0.2) is 6.04 Å². The largest absolute Gasteiger partial charge is 0.467 e. The van der Waals surface area contributed by atoms with E-state index in [4.69, 9.17) is 10.5 Å². The van der Waals surface area contributed by atoms with Gasteiger partial charge in [-0.2, -0.15) is 0 Å². The predicted molar refractivity (Wildman–Crippen MR) is 84.4 cm³/mol. The van der Waals surface area contributed by atoms with Crippen LogP contribution in [-0.2, 0) is 14.3 Å². The van der Waals surface area contributed by atoms with Gasteiger partial charge >= 0.3 is 5.97 Å². The number of nitrogens with two attached hydrogens (primary N) is 1. The minimum Gasteiger partial charge on any atom is -0.467 e. The SMILES string of the molecule is COC(=O)C(NC(=O)[C@@H]1CCC[C@@H]1CN)c1cccs1.Cl. The molecule has 5 nitrogen and oxygen atoms in total. The van der Waals surface area contributed by atoms with Gasteiger partial charge in [-0.05, 0) is 36.8 Å². The Bertz CT molecular complexity index is 467. The maximum atomic E-state index is 12.4. The number of halogens is 1. The average molecular weight is 333 g/mol. The Kier molecular flexibility index (Phi) is 7.14. The fourth-order valence-electron chi connectivity index (χ4n) is 2.73. The molecular weight excluding hydrogens is 312 g/mol. The van der Waals surface area contributed by atoms with Crippen molar-refractivity contribution in [3.05, 3.63) is 22.4 Å². The molecule has 0 aliphatic heterocycles. The highest BCUT2D eigenvalue weighted by Crippen LogP contribution is 2.32. The smallest absolute Gasteiger partial charge is 0.333 e. The topological polar surface area (TPSA) is 81.4 Å². The quantitative estimate of drug-likeness (QED) is 0.807. The van der Waals surface area contributed by atoms with E-state index in [1.807, 2.05) is 17.5 Å². The highest BCUT2D eigenvalue weighted by molar-refractivity contribution is 7.10. The second kappa shape index (κ2) is 8.36. The van der Waals surface area contributed by atoms with Crippen molar-refractivity contribution in [3.8, 4) is 0 Å². The molecule has 7 heteroatoms. The van der Waals surface area contributed by atoms with Crippen molar-refractivity contribution in [1.29, 1.82) is 0 Å². The Morgan fingerprint density at radius 1 is 1.52 bits per heavy atom. The fourth-order valence-corrected chi connectivity index (χ4v) is 3.50. The van der Waals surface area contributed by atoms with Crippen LogP contribution in [0.5, 0.6) is 0 Å². The third-order valence-electron chi connectivity index (χ3n) is 3.85. The molecule has 0 saturated heterocycles. The van der Waals surface area contributed by atoms with Crippen LogP contribution in [0.2, 0.25) is 0 Å². The number of nitrogens with one attached hydrogen (secondary N) is 1. The molecule has 0 spiro atoms. The molecule has 3 N–H and O–H groups in total. The van der Waals surface area contributed by atoms with E-state index in [0.29, 0.717) is 6.54 Å². The summed E-state index contributed by atoms with van der Waals surface area (Å²) in [6.07, 6.45) is 2.84. The van der Waals surface area contributed by atoms with E-state index in [-0.39, 0.29) is 30.2 Å². The van der Waals surface area contributed by atoms with Gasteiger partial charge in [0.2, 0.25) is 5.91 Å². The second-order valence-electron chi connectivity index (χ2n) is 5.01. The summed E-state index contributed by atoms with van der Waals surface area (Å²) in [5, 5.41) is 4.69. The zero-order chi connectivity index (χ0) is 14.5. The average Bonchev–Trinajstić information content (AvgIpc) is 3.13. The number of thiophene rings is 1. The molecule has 1 unspecified atom stereocenters. The Morgan fingerprint density at radius 2 is 2.29 bits per heavy atom. The van der Waals surface area contributed by atoms with Crippen LogP contribution in [0.3, 0.4) is 0 Å². The van der Waals surface area contributed by atoms with Gasteiger partial charge < -0.3 is 15.8 Å². The van der Waals surface area contributed by atoms with Crippen molar-refractivity contribution in [2.24, 2.45) is 17.6 Å². The summed E-state index contributed by atoms with van der Waals surface area (Å²) in [5.41, 5.74) is 5.70. The van der Waals surface area contributed by atoms with E-state index in [1.165, 1.54) is 18.4 Å². The highest BCUT2D eigenvalue weighted by atomic mass is 35.5. The molecule has 1 aromatic rings. The Hall–Kier alpha value is -1.11. The molecule has 1 heterocycles. The van der Waals surface area contributed by atoms with E-state index in [2.05, 4.69) is 5.32 Å². The molecule has 21 heavy (non-hydrogen) atoms. The summed E-state index contributed by atoms with van der Waals surface area (Å²) < 4.78 is 4.78. The summed E-state index contributed by atoms with van der Waals surface area (Å²) in [7, 11) is 1.33. The van der Waals surface area contributed by atoms with E-state index < -0.39 is 12.0 Å². The van der Waals surface area contributed by atoms with Crippen molar-refractivity contribution >= 4 is 35.6 Å². The van der Waals surface area contributed by atoms with Crippen LogP contribution < -0.4 is 11.1 Å². The second-order valence-corrected chi connectivity index (χ2v) is 5.99. The van der Waals surface area contributed by atoms with E-state index in [0.717, 1.165) is 24.1 Å². The lowest BCUT2D eigenvalue weighted by Gasteiger charge is -2.21. The maximum absolute atomic E-state index is 12.4. The first kappa shape index (κ1) is 17.9. The molecule has 0 aromatic carbocycles. The van der Waals surface area contributed by atoms with Crippen LogP contribution in [0.25, 0.3) is 0 Å². The number of methoxy groups -OCH3 is 1. The van der Waals surface area contributed by atoms with Crippen molar-refractivity contribution in [2.75, 3.05) is 13.7 Å². The molecule has 1 saturated carbocycles. The minimum absolute atomic E-state index is 0. The first-order valence-electron chi connectivity index (χ1n) is 6.79. The Morgan fingerprint density at radius 3 is 2.86 bits per heavy atom. The van der Waals surface area contributed by atoms with Gasteiger partial charge in [0, 0.05) is 10.8 Å². The third-order valence-corrected chi connectivity index (χ3v) is 4.79. The lowest BCUT2D eigenvalue weighted by atomic mass is 9.95. The zero-order valence-corrected chi connectivity index (χ0v) is 13.5. The normalized spacial score (nSPS) is 22.2. The van der Waals surface area contributed by atoms with Crippen molar-refractivity contribution in [3.63, 3.8) is 0 Å². The van der Waals surface area contributed by atoms with Crippen LogP contribution in [0.1, 0.15) is 30.2 Å².